The van der Waals surface area contributed by atoms with Crippen LogP contribution in [-0.4, -0.2) is 84.6 Å². The highest BCUT2D eigenvalue weighted by atomic mass is 19.1. The summed E-state index contributed by atoms with van der Waals surface area (Å²) in [4.78, 5) is 0. The maximum absolute atomic E-state index is 14.0. The number of nitrogens with zero attached hydrogens (tertiary/aromatic N) is 6. The molecule has 5 unspecified atom stereocenters. The zero-order valence-corrected chi connectivity index (χ0v) is 22.8. The fourth-order valence-corrected chi connectivity index (χ4v) is 4.57. The standard InChI is InChI=1S/C27H28F4N6O6/c1-40-27-26(42-14-20-11-37(35-33-20)9-16-3-5-18(29)7-22(16)31)25(24(39)23(12-38)43-27)41-13-19-10-36(34-32-19)8-15-2-4-17(28)6-21(15)30/h2-7,10-11,23-27,38-39H,8-9,12-14H2,1H3. The molecule has 0 amide bonds. The van der Waals surface area contributed by atoms with Crippen molar-refractivity contribution in [2.75, 3.05) is 13.7 Å². The number of aliphatic hydroxyl groups excluding tert-OH is 2. The highest BCUT2D eigenvalue weighted by molar-refractivity contribution is 5.19. The van der Waals surface area contributed by atoms with Crippen LogP contribution >= 0.6 is 0 Å². The lowest BCUT2D eigenvalue weighted by molar-refractivity contribution is -0.314. The molecule has 0 bridgehead atoms. The molecular weight excluding hydrogens is 580 g/mol. The van der Waals surface area contributed by atoms with Crippen LogP contribution in [0.15, 0.2) is 48.8 Å². The number of ether oxygens (including phenoxy) is 4. The molecule has 1 aliphatic rings. The van der Waals surface area contributed by atoms with Crippen molar-refractivity contribution in [2.24, 2.45) is 0 Å². The first-order chi connectivity index (χ1) is 20.7. The zero-order chi connectivity index (χ0) is 30.5. The lowest BCUT2D eigenvalue weighted by Crippen LogP contribution is -2.60. The van der Waals surface area contributed by atoms with Crippen LogP contribution in [0.4, 0.5) is 17.6 Å². The van der Waals surface area contributed by atoms with Crippen molar-refractivity contribution in [1.82, 2.24) is 30.0 Å². The summed E-state index contributed by atoms with van der Waals surface area (Å²) in [6.45, 7) is -0.806. The average Bonchev–Trinajstić information content (AvgIpc) is 3.63. The lowest BCUT2D eigenvalue weighted by Gasteiger charge is -2.43. The Balaban J connectivity index is 1.24. The first kappa shape index (κ1) is 30.7. The van der Waals surface area contributed by atoms with Gasteiger partial charge in [0, 0.05) is 30.4 Å². The lowest BCUT2D eigenvalue weighted by atomic mass is 9.98. The maximum atomic E-state index is 14.0. The Bertz CT molecular complexity index is 1520. The third-order valence-corrected chi connectivity index (χ3v) is 6.75. The molecule has 16 heteroatoms. The van der Waals surface area contributed by atoms with E-state index in [1.54, 1.807) is 0 Å². The molecule has 2 aromatic heterocycles. The molecule has 0 spiro atoms. The molecular formula is C27H28F4N6O6. The quantitative estimate of drug-likeness (QED) is 0.229. The van der Waals surface area contributed by atoms with E-state index in [4.69, 9.17) is 18.9 Å². The summed E-state index contributed by atoms with van der Waals surface area (Å²) in [6.07, 6.45) is -2.49. The maximum Gasteiger partial charge on any atom is 0.186 e. The van der Waals surface area contributed by atoms with Gasteiger partial charge in [0.15, 0.2) is 6.29 Å². The Labute approximate surface area is 242 Å². The fraction of sp³-hybridized carbons (Fsp3) is 0.407. The molecule has 12 nitrogen and oxygen atoms in total. The van der Waals surface area contributed by atoms with Crippen LogP contribution in [0.2, 0.25) is 0 Å². The molecule has 3 heterocycles. The highest BCUT2D eigenvalue weighted by Gasteiger charge is 2.47. The third kappa shape index (κ3) is 7.41. The predicted octanol–water partition coefficient (Wildman–Crippen LogP) is 1.72. The van der Waals surface area contributed by atoms with E-state index in [-0.39, 0.29) is 37.4 Å². The minimum Gasteiger partial charge on any atom is -0.394 e. The fourth-order valence-electron chi connectivity index (χ4n) is 4.57. The van der Waals surface area contributed by atoms with Gasteiger partial charge in [0.1, 0.15) is 59.1 Å². The summed E-state index contributed by atoms with van der Waals surface area (Å²) >= 11 is 0. The molecule has 0 aliphatic carbocycles. The summed E-state index contributed by atoms with van der Waals surface area (Å²) in [6, 6.07) is 6.46. The Hall–Kier alpha value is -3.80. The molecule has 1 fully saturated rings. The van der Waals surface area contributed by atoms with Crippen LogP contribution in [0, 0.1) is 23.3 Å². The Kier molecular flexibility index (Phi) is 9.74. The SMILES string of the molecule is COC1OC(CO)C(O)C(OCc2cn(Cc3ccc(F)cc3F)nn2)C1OCc1cn(Cc2ccc(F)cc2F)nn1. The number of aromatic nitrogens is 6. The highest BCUT2D eigenvalue weighted by Crippen LogP contribution is 2.28. The Morgan fingerprint density at radius 1 is 0.814 bits per heavy atom. The molecule has 43 heavy (non-hydrogen) atoms. The average molecular weight is 609 g/mol. The van der Waals surface area contributed by atoms with Crippen LogP contribution in [0.5, 0.6) is 0 Å². The van der Waals surface area contributed by atoms with Crippen molar-refractivity contribution in [2.45, 2.75) is 57.0 Å². The first-order valence-corrected chi connectivity index (χ1v) is 13.1. The smallest absolute Gasteiger partial charge is 0.186 e. The van der Waals surface area contributed by atoms with Crippen LogP contribution in [-0.2, 0) is 45.3 Å². The van der Waals surface area contributed by atoms with E-state index in [0.717, 1.165) is 24.3 Å². The van der Waals surface area contributed by atoms with Crippen LogP contribution < -0.4 is 0 Å². The summed E-state index contributed by atoms with van der Waals surface area (Å²) in [5, 5.41) is 36.5. The van der Waals surface area contributed by atoms with Crippen molar-refractivity contribution in [1.29, 1.82) is 0 Å². The van der Waals surface area contributed by atoms with Crippen LogP contribution in [0.25, 0.3) is 0 Å². The summed E-state index contributed by atoms with van der Waals surface area (Å²) in [5.41, 5.74) is 1.11. The van der Waals surface area contributed by atoms with E-state index in [9.17, 15) is 27.8 Å². The number of rotatable bonds is 12. The Morgan fingerprint density at radius 2 is 1.33 bits per heavy atom. The molecule has 1 saturated heterocycles. The van der Waals surface area contributed by atoms with Gasteiger partial charge < -0.3 is 29.2 Å². The van der Waals surface area contributed by atoms with E-state index in [2.05, 4.69) is 20.6 Å². The molecule has 0 radical (unpaired) electrons. The van der Waals surface area contributed by atoms with Crippen LogP contribution in [0.1, 0.15) is 22.5 Å². The molecule has 5 rings (SSSR count). The molecule has 1 aliphatic heterocycles. The van der Waals surface area contributed by atoms with E-state index < -0.39 is 60.6 Å². The van der Waals surface area contributed by atoms with E-state index >= 15 is 0 Å². The minimum absolute atomic E-state index is 0.00242. The number of benzene rings is 2. The number of halogens is 4. The van der Waals surface area contributed by atoms with Gasteiger partial charge in [0.25, 0.3) is 0 Å². The van der Waals surface area contributed by atoms with Gasteiger partial charge in [0.2, 0.25) is 0 Å². The summed E-state index contributed by atoms with van der Waals surface area (Å²) in [7, 11) is 1.36. The second-order valence-corrected chi connectivity index (χ2v) is 9.79. The van der Waals surface area contributed by atoms with Crippen molar-refractivity contribution in [3.8, 4) is 0 Å². The number of hydrogen-bond acceptors (Lipinski definition) is 10. The van der Waals surface area contributed by atoms with Gasteiger partial charge in [-0.05, 0) is 12.1 Å². The second-order valence-electron chi connectivity index (χ2n) is 9.79. The third-order valence-electron chi connectivity index (χ3n) is 6.75. The van der Waals surface area contributed by atoms with Gasteiger partial charge in [-0.1, -0.05) is 22.6 Å². The van der Waals surface area contributed by atoms with E-state index in [1.807, 2.05) is 0 Å². The molecule has 230 valence electrons. The van der Waals surface area contributed by atoms with Gasteiger partial charge >= 0.3 is 0 Å². The summed E-state index contributed by atoms with van der Waals surface area (Å²) < 4.78 is 80.2. The molecule has 2 N–H and O–H groups in total. The number of hydrogen-bond donors (Lipinski definition) is 2. The van der Waals surface area contributed by atoms with Crippen LogP contribution in [0.3, 0.4) is 0 Å². The summed E-state index contributed by atoms with van der Waals surface area (Å²) in [5.74, 6) is -2.82. The monoisotopic (exact) mass is 608 g/mol. The van der Waals surface area contributed by atoms with E-state index in [0.29, 0.717) is 11.4 Å². The zero-order valence-electron chi connectivity index (χ0n) is 22.8. The van der Waals surface area contributed by atoms with Crippen molar-refractivity contribution in [3.63, 3.8) is 0 Å². The van der Waals surface area contributed by atoms with Crippen molar-refractivity contribution >= 4 is 0 Å². The largest absolute Gasteiger partial charge is 0.394 e. The predicted molar refractivity (Wildman–Crippen MR) is 137 cm³/mol. The van der Waals surface area contributed by atoms with Crippen molar-refractivity contribution in [3.05, 3.63) is 94.6 Å². The van der Waals surface area contributed by atoms with Gasteiger partial charge in [-0.2, -0.15) is 0 Å². The van der Waals surface area contributed by atoms with Gasteiger partial charge in [-0.3, -0.25) is 0 Å². The van der Waals surface area contributed by atoms with Crippen molar-refractivity contribution < 1.29 is 46.7 Å². The van der Waals surface area contributed by atoms with E-state index in [1.165, 1.54) is 41.0 Å². The first-order valence-electron chi connectivity index (χ1n) is 13.1. The number of methoxy groups -OCH3 is 1. The molecule has 0 saturated carbocycles. The molecule has 2 aromatic carbocycles. The number of aliphatic hydroxyl groups is 2. The topological polar surface area (TPSA) is 139 Å². The molecule has 4 aromatic rings. The second kappa shape index (κ2) is 13.7. The van der Waals surface area contributed by atoms with Gasteiger partial charge in [0.05, 0.1) is 45.3 Å². The van der Waals surface area contributed by atoms with Gasteiger partial charge in [-0.15, -0.1) is 10.2 Å². The molecule has 5 atom stereocenters. The normalized spacial score (nSPS) is 22.3. The Morgan fingerprint density at radius 3 is 1.79 bits per heavy atom. The van der Waals surface area contributed by atoms with Gasteiger partial charge in [-0.25, -0.2) is 26.9 Å². The minimum atomic E-state index is -1.33.